The molecule has 0 N–H and O–H groups in total. The van der Waals surface area contributed by atoms with E-state index in [4.69, 9.17) is 0 Å². The van der Waals surface area contributed by atoms with E-state index in [9.17, 15) is 0 Å². The molecule has 3 heteroatoms. The van der Waals surface area contributed by atoms with Crippen LogP contribution in [-0.2, 0) is 13.0 Å². The molecule has 0 heterocycles. The first kappa shape index (κ1) is 16.1. The van der Waals surface area contributed by atoms with Gasteiger partial charge in [-0.3, -0.25) is 0 Å². The zero-order valence-electron chi connectivity index (χ0n) is 14.1. The van der Waals surface area contributed by atoms with Gasteiger partial charge >= 0.3 is 0 Å². The number of hydrogen-bond donors (Lipinski definition) is 0. The molecule has 0 nitrogen and oxygen atoms in total. The molecule has 6 rings (SSSR count). The van der Waals surface area contributed by atoms with E-state index in [1.54, 1.807) is 0 Å². The molecule has 0 aromatic heterocycles. The summed E-state index contributed by atoms with van der Waals surface area (Å²) in [6.45, 7) is 2.42. The minimum Gasteiger partial charge on any atom is -0.0741 e. The van der Waals surface area contributed by atoms with E-state index in [0.29, 0.717) is 0 Å². The van der Waals surface area contributed by atoms with Crippen molar-refractivity contribution in [2.24, 2.45) is 5.41 Å². The maximum atomic E-state index is 4.32. The minimum atomic E-state index is -0.265. The van der Waals surface area contributed by atoms with Crippen LogP contribution in [0, 0.1) is 5.41 Å². The van der Waals surface area contributed by atoms with Crippen LogP contribution < -0.4 is 0 Å². The number of rotatable bonds is 0. The Morgan fingerprint density at radius 3 is 0.846 bits per heavy atom. The molecule has 128 valence electrons. The van der Waals surface area contributed by atoms with Crippen molar-refractivity contribution >= 4 is 47.8 Å². The third-order valence-electron chi connectivity index (χ3n) is 7.07. The van der Waals surface area contributed by atoms with Gasteiger partial charge in [0.1, 0.15) is 0 Å². The third kappa shape index (κ3) is 1.25. The van der Waals surface area contributed by atoms with E-state index in [1.165, 1.54) is 33.4 Å². The molecule has 3 aromatic rings. The Bertz CT molecular complexity index is 905. The number of hydrogen-bond acceptors (Lipinski definition) is 0. The van der Waals surface area contributed by atoms with Crippen LogP contribution >= 0.6 is 47.8 Å². The second-order valence-electron chi connectivity index (χ2n) is 7.74. The zero-order valence-corrected chi connectivity index (χ0v) is 18.8. The molecule has 0 unspecified atom stereocenters. The van der Waals surface area contributed by atoms with E-state index in [0.717, 1.165) is 0 Å². The molecule has 0 spiro atoms. The minimum absolute atomic E-state index is 0.177. The summed E-state index contributed by atoms with van der Waals surface area (Å²) in [4.78, 5) is 0. The summed E-state index contributed by atoms with van der Waals surface area (Å²) in [5, 5.41) is 0. The van der Waals surface area contributed by atoms with E-state index < -0.39 is 0 Å². The average Bonchev–Trinajstić information content (AvgIpc) is 3.05. The fourth-order valence-corrected chi connectivity index (χ4v) is 10.7. The van der Waals surface area contributed by atoms with E-state index >= 15 is 0 Å². The highest BCUT2D eigenvalue weighted by atomic mass is 79.9. The Hall–Kier alpha value is -0.900. The van der Waals surface area contributed by atoms with Crippen LogP contribution in [0.25, 0.3) is 0 Å². The molecular formula is C23H15Br3. The molecule has 0 amide bonds. The summed E-state index contributed by atoms with van der Waals surface area (Å²) in [6.07, 6.45) is 0. The quantitative estimate of drug-likeness (QED) is 0.276. The summed E-state index contributed by atoms with van der Waals surface area (Å²) in [5.41, 5.74) is 8.00. The van der Waals surface area contributed by atoms with Crippen LogP contribution in [0.4, 0.5) is 0 Å². The molecule has 0 fully saturated rings. The number of benzene rings is 3. The first-order valence-electron chi connectivity index (χ1n) is 8.80. The average molecular weight is 531 g/mol. The van der Waals surface area contributed by atoms with Crippen LogP contribution in [0.5, 0.6) is 0 Å². The number of alkyl halides is 3. The van der Waals surface area contributed by atoms with Crippen LogP contribution in [-0.4, -0.2) is 0 Å². The molecule has 0 radical (unpaired) electrons. The topological polar surface area (TPSA) is 0 Å². The Morgan fingerprint density at radius 2 is 0.654 bits per heavy atom. The predicted molar refractivity (Wildman–Crippen MR) is 117 cm³/mol. The molecule has 0 atom stereocenters. The molecule has 3 aliphatic rings. The molecular weight excluding hydrogens is 516 g/mol. The van der Waals surface area contributed by atoms with Gasteiger partial charge in [0.15, 0.2) is 0 Å². The highest BCUT2D eigenvalue weighted by Crippen LogP contribution is 2.86. The smallest absolute Gasteiger partial charge is 0.0741 e. The molecule has 0 saturated carbocycles. The van der Waals surface area contributed by atoms with Gasteiger partial charge < -0.3 is 0 Å². The molecule has 0 aliphatic heterocycles. The Labute approximate surface area is 178 Å². The van der Waals surface area contributed by atoms with E-state index in [1.807, 2.05) is 0 Å². The van der Waals surface area contributed by atoms with Crippen molar-refractivity contribution in [2.75, 3.05) is 0 Å². The van der Waals surface area contributed by atoms with Gasteiger partial charge in [-0.15, -0.1) is 0 Å². The number of fused-ring (bicyclic) bond motifs is 9. The van der Waals surface area contributed by atoms with Gasteiger partial charge in [0.2, 0.25) is 0 Å². The van der Waals surface area contributed by atoms with Crippen LogP contribution in [0.2, 0.25) is 0 Å². The summed E-state index contributed by atoms with van der Waals surface area (Å²) in [6, 6.07) is 26.7. The van der Waals surface area contributed by atoms with E-state index in [-0.39, 0.29) is 18.4 Å². The van der Waals surface area contributed by atoms with Gasteiger partial charge in [0.05, 0.1) is 13.0 Å². The van der Waals surface area contributed by atoms with Crippen molar-refractivity contribution in [3.63, 3.8) is 0 Å². The second kappa shape index (κ2) is 4.56. The summed E-state index contributed by atoms with van der Waals surface area (Å²) in [5.74, 6) is 0. The van der Waals surface area contributed by atoms with Crippen LogP contribution in [0.1, 0.15) is 40.3 Å². The maximum absolute atomic E-state index is 4.32. The third-order valence-corrected chi connectivity index (χ3v) is 12.0. The largest absolute Gasteiger partial charge is 0.0854 e. The van der Waals surface area contributed by atoms with Crippen molar-refractivity contribution in [1.29, 1.82) is 0 Å². The lowest BCUT2D eigenvalue weighted by Gasteiger charge is -2.45. The zero-order chi connectivity index (χ0) is 17.9. The lowest BCUT2D eigenvalue weighted by atomic mass is 9.70. The second-order valence-corrected chi connectivity index (χ2v) is 11.3. The van der Waals surface area contributed by atoms with Crippen LogP contribution in [0.15, 0.2) is 72.8 Å². The molecule has 0 bridgehead atoms. The SMILES string of the molecule is CC12C3(Br)c4ccccc4C1(Br)c1ccccc1C2(Br)c1ccccc13. The fourth-order valence-electron chi connectivity index (χ4n) is 6.02. The maximum Gasteiger partial charge on any atom is 0.0854 e. The standard InChI is InChI=1S/C23H15Br3/c1-20-21(24)14-8-2-3-9-15(14)22(20,25)18-12-6-7-13-19(18)23(20,26)17-11-5-4-10-16(17)21/h2-13H,1H3. The summed E-state index contributed by atoms with van der Waals surface area (Å²) >= 11 is 12.9. The van der Waals surface area contributed by atoms with Crippen molar-refractivity contribution in [3.05, 3.63) is 106 Å². The van der Waals surface area contributed by atoms with Gasteiger partial charge in [0, 0.05) is 5.41 Å². The lowest BCUT2D eigenvalue weighted by Crippen LogP contribution is -2.47. The van der Waals surface area contributed by atoms with Gasteiger partial charge in [-0.1, -0.05) is 128 Å². The normalized spacial score (nSPS) is 37.8. The Balaban J connectivity index is 1.93. The summed E-state index contributed by atoms with van der Waals surface area (Å²) < 4.78 is -0.794. The first-order valence-corrected chi connectivity index (χ1v) is 11.2. The van der Waals surface area contributed by atoms with Crippen molar-refractivity contribution in [1.82, 2.24) is 0 Å². The highest BCUT2D eigenvalue weighted by Gasteiger charge is 2.82. The Kier molecular flexibility index (Phi) is 2.82. The van der Waals surface area contributed by atoms with E-state index in [2.05, 4.69) is 128 Å². The first-order chi connectivity index (χ1) is 12.4. The molecule has 3 aliphatic carbocycles. The molecule has 3 aromatic carbocycles. The predicted octanol–water partition coefficient (Wildman–Crippen LogP) is 6.95. The monoisotopic (exact) mass is 528 g/mol. The lowest BCUT2D eigenvalue weighted by molar-refractivity contribution is 0.237. The molecule has 0 saturated heterocycles. The number of halogens is 3. The van der Waals surface area contributed by atoms with Gasteiger partial charge in [-0.2, -0.15) is 0 Å². The fraction of sp³-hybridized carbons (Fsp3) is 0.217. The van der Waals surface area contributed by atoms with Gasteiger partial charge in [0.25, 0.3) is 0 Å². The summed E-state index contributed by atoms with van der Waals surface area (Å²) in [7, 11) is 0. The highest BCUT2D eigenvalue weighted by molar-refractivity contribution is 9.11. The van der Waals surface area contributed by atoms with Gasteiger partial charge in [-0.25, -0.2) is 0 Å². The van der Waals surface area contributed by atoms with Crippen molar-refractivity contribution in [3.8, 4) is 0 Å². The van der Waals surface area contributed by atoms with Crippen LogP contribution in [0.3, 0.4) is 0 Å². The van der Waals surface area contributed by atoms with Gasteiger partial charge in [-0.05, 0) is 33.4 Å². The van der Waals surface area contributed by atoms with Crippen molar-refractivity contribution < 1.29 is 0 Å². The molecule has 26 heavy (non-hydrogen) atoms. The van der Waals surface area contributed by atoms with Crippen molar-refractivity contribution in [2.45, 2.75) is 19.9 Å². The Morgan fingerprint density at radius 1 is 0.462 bits per heavy atom.